The fourth-order valence-corrected chi connectivity index (χ4v) is 2.65. The number of piperidine rings is 1. The second kappa shape index (κ2) is 4.85. The lowest BCUT2D eigenvalue weighted by Gasteiger charge is -2.32. The molecule has 0 unspecified atom stereocenters. The van der Waals surface area contributed by atoms with Crippen molar-refractivity contribution >= 4 is 18.5 Å². The maximum atomic E-state index is 11.5. The van der Waals surface area contributed by atoms with E-state index in [1.54, 1.807) is 6.20 Å². The Morgan fingerprint density at radius 2 is 2.00 bits per heavy atom. The molecule has 2 fully saturated rings. The van der Waals surface area contributed by atoms with Gasteiger partial charge in [-0.15, -0.1) is 0 Å². The Hall–Kier alpha value is -1.34. The first-order valence-corrected chi connectivity index (χ1v) is 7.45. The van der Waals surface area contributed by atoms with Crippen molar-refractivity contribution in [2.24, 2.45) is 0 Å². The van der Waals surface area contributed by atoms with Gasteiger partial charge in [-0.3, -0.25) is 9.48 Å². The Kier molecular flexibility index (Phi) is 3.37. The van der Waals surface area contributed by atoms with E-state index in [0.717, 1.165) is 11.9 Å². The van der Waals surface area contributed by atoms with Gasteiger partial charge in [0.2, 0.25) is 5.91 Å². The number of hydrogen-bond acceptors (Lipinski definition) is 4. The Morgan fingerprint density at radius 3 is 2.62 bits per heavy atom. The zero-order valence-corrected chi connectivity index (χ0v) is 13.0. The standard InChI is InChI=1S/C14H22BN3O3/c1-13(2)14(3,4)21-15(20-13)10-8-17-18(9-10)11-5-6-16-12(19)7-11/h8-9,11H,5-7H2,1-4H3,(H,16,19)/t11-/m0/s1. The number of nitrogens with one attached hydrogen (secondary N) is 1. The highest BCUT2D eigenvalue weighted by atomic mass is 16.7. The first-order chi connectivity index (χ1) is 9.78. The predicted molar refractivity (Wildman–Crippen MR) is 79.2 cm³/mol. The van der Waals surface area contributed by atoms with Gasteiger partial charge in [-0.1, -0.05) is 0 Å². The SMILES string of the molecule is CC1(C)OB(c2cnn([C@H]3CCNC(=O)C3)c2)OC1(C)C. The number of carbonyl (C=O) groups is 1. The van der Waals surface area contributed by atoms with Crippen molar-refractivity contribution in [2.75, 3.05) is 6.54 Å². The molecule has 1 N–H and O–H groups in total. The van der Waals surface area contributed by atoms with Crippen LogP contribution in [0.25, 0.3) is 0 Å². The molecule has 1 amide bonds. The van der Waals surface area contributed by atoms with Gasteiger partial charge in [0, 0.05) is 30.8 Å². The van der Waals surface area contributed by atoms with Crippen LogP contribution in [-0.4, -0.2) is 40.6 Å². The van der Waals surface area contributed by atoms with E-state index in [-0.39, 0.29) is 23.2 Å². The third-order valence-corrected chi connectivity index (χ3v) is 4.74. The van der Waals surface area contributed by atoms with Gasteiger partial charge in [0.05, 0.1) is 17.2 Å². The average Bonchev–Trinajstić information content (AvgIpc) is 2.93. The van der Waals surface area contributed by atoms with Crippen molar-refractivity contribution in [1.82, 2.24) is 15.1 Å². The lowest BCUT2D eigenvalue weighted by atomic mass is 9.82. The zero-order valence-electron chi connectivity index (χ0n) is 13.0. The van der Waals surface area contributed by atoms with Gasteiger partial charge >= 0.3 is 7.12 Å². The quantitative estimate of drug-likeness (QED) is 0.812. The fraction of sp³-hybridized carbons (Fsp3) is 0.714. The molecule has 1 aromatic heterocycles. The Bertz CT molecular complexity index is 539. The average molecular weight is 291 g/mol. The summed E-state index contributed by atoms with van der Waals surface area (Å²) < 4.78 is 13.9. The summed E-state index contributed by atoms with van der Waals surface area (Å²) in [6, 6.07) is 0.120. The molecule has 21 heavy (non-hydrogen) atoms. The largest absolute Gasteiger partial charge is 0.498 e. The van der Waals surface area contributed by atoms with Crippen LogP contribution in [0.4, 0.5) is 0 Å². The molecule has 0 saturated carbocycles. The summed E-state index contributed by atoms with van der Waals surface area (Å²) >= 11 is 0. The highest BCUT2D eigenvalue weighted by Crippen LogP contribution is 2.36. The van der Waals surface area contributed by atoms with Crippen molar-refractivity contribution < 1.29 is 14.1 Å². The second-order valence-corrected chi connectivity index (χ2v) is 6.84. The molecule has 1 atom stereocenters. The van der Waals surface area contributed by atoms with Crippen LogP contribution in [0.3, 0.4) is 0 Å². The molecule has 0 radical (unpaired) electrons. The highest BCUT2D eigenvalue weighted by Gasteiger charge is 2.52. The van der Waals surface area contributed by atoms with Crippen LogP contribution in [0.2, 0.25) is 0 Å². The number of rotatable bonds is 2. The molecule has 2 saturated heterocycles. The molecule has 7 heteroatoms. The molecular formula is C14H22BN3O3. The molecule has 1 aromatic rings. The molecule has 3 rings (SSSR count). The summed E-state index contributed by atoms with van der Waals surface area (Å²) in [7, 11) is -0.402. The molecule has 2 aliphatic rings. The topological polar surface area (TPSA) is 65.4 Å². The van der Waals surface area contributed by atoms with Crippen molar-refractivity contribution in [1.29, 1.82) is 0 Å². The minimum atomic E-state index is -0.402. The molecule has 0 spiro atoms. The van der Waals surface area contributed by atoms with Crippen LogP contribution in [0, 0.1) is 0 Å². The van der Waals surface area contributed by atoms with Gasteiger partial charge < -0.3 is 14.6 Å². The number of nitrogens with zero attached hydrogens (tertiary/aromatic N) is 2. The number of hydrogen-bond donors (Lipinski definition) is 1. The van der Waals surface area contributed by atoms with Gasteiger partial charge in [0.1, 0.15) is 0 Å². The lowest BCUT2D eigenvalue weighted by molar-refractivity contribution is -0.123. The molecule has 3 heterocycles. The van der Waals surface area contributed by atoms with Gasteiger partial charge in [0.15, 0.2) is 0 Å². The highest BCUT2D eigenvalue weighted by molar-refractivity contribution is 6.62. The summed E-state index contributed by atoms with van der Waals surface area (Å²) in [5.74, 6) is 0.0823. The molecule has 0 bridgehead atoms. The summed E-state index contributed by atoms with van der Waals surface area (Å²) in [5.41, 5.74) is 0.189. The summed E-state index contributed by atoms with van der Waals surface area (Å²) in [4.78, 5) is 11.5. The van der Waals surface area contributed by atoms with E-state index in [4.69, 9.17) is 9.31 Å². The number of aromatic nitrogens is 2. The first-order valence-electron chi connectivity index (χ1n) is 7.45. The summed E-state index contributed by atoms with van der Waals surface area (Å²) in [5, 5.41) is 7.23. The molecule has 6 nitrogen and oxygen atoms in total. The molecule has 0 aromatic carbocycles. The van der Waals surface area contributed by atoms with Gasteiger partial charge in [0.25, 0.3) is 0 Å². The zero-order chi connectivity index (χ0) is 15.3. The van der Waals surface area contributed by atoms with Crippen molar-refractivity contribution in [3.05, 3.63) is 12.4 Å². The lowest BCUT2D eigenvalue weighted by Crippen LogP contribution is -2.41. The fourth-order valence-electron chi connectivity index (χ4n) is 2.65. The van der Waals surface area contributed by atoms with E-state index in [0.29, 0.717) is 13.0 Å². The Labute approximate surface area is 125 Å². The minimum absolute atomic E-state index is 0.0823. The third-order valence-electron chi connectivity index (χ3n) is 4.74. The molecular weight excluding hydrogens is 269 g/mol. The van der Waals surface area contributed by atoms with E-state index < -0.39 is 7.12 Å². The third kappa shape index (κ3) is 2.60. The van der Waals surface area contributed by atoms with Crippen LogP contribution in [0.5, 0.6) is 0 Å². The van der Waals surface area contributed by atoms with Crippen LogP contribution >= 0.6 is 0 Å². The minimum Gasteiger partial charge on any atom is -0.399 e. The molecule has 0 aliphatic carbocycles. The van der Waals surface area contributed by atoms with E-state index in [9.17, 15) is 4.79 Å². The van der Waals surface area contributed by atoms with Gasteiger partial charge in [-0.25, -0.2) is 0 Å². The maximum Gasteiger partial charge on any atom is 0.498 e. The number of amides is 1. The van der Waals surface area contributed by atoms with Gasteiger partial charge in [-0.05, 0) is 34.1 Å². The van der Waals surface area contributed by atoms with Crippen LogP contribution < -0.4 is 10.8 Å². The van der Waals surface area contributed by atoms with E-state index in [2.05, 4.69) is 10.4 Å². The predicted octanol–water partition coefficient (Wildman–Crippen LogP) is 0.633. The Balaban J connectivity index is 1.75. The maximum absolute atomic E-state index is 11.5. The van der Waals surface area contributed by atoms with E-state index in [1.165, 1.54) is 0 Å². The monoisotopic (exact) mass is 291 g/mol. The smallest absolute Gasteiger partial charge is 0.399 e. The summed E-state index contributed by atoms with van der Waals surface area (Å²) in [6.07, 6.45) is 5.08. The Morgan fingerprint density at radius 1 is 1.33 bits per heavy atom. The summed E-state index contributed by atoms with van der Waals surface area (Å²) in [6.45, 7) is 8.83. The normalized spacial score (nSPS) is 27.7. The first kappa shape index (κ1) is 14.6. The van der Waals surface area contributed by atoms with Crippen LogP contribution in [0.1, 0.15) is 46.6 Å². The van der Waals surface area contributed by atoms with Crippen LogP contribution in [0.15, 0.2) is 12.4 Å². The van der Waals surface area contributed by atoms with E-state index >= 15 is 0 Å². The molecule has 2 aliphatic heterocycles. The van der Waals surface area contributed by atoms with Crippen LogP contribution in [-0.2, 0) is 14.1 Å². The van der Waals surface area contributed by atoms with Crippen molar-refractivity contribution in [2.45, 2.75) is 57.8 Å². The molecule has 114 valence electrons. The van der Waals surface area contributed by atoms with Gasteiger partial charge in [-0.2, -0.15) is 5.10 Å². The number of carbonyl (C=O) groups excluding carboxylic acids is 1. The van der Waals surface area contributed by atoms with E-state index in [1.807, 2.05) is 38.6 Å². The second-order valence-electron chi connectivity index (χ2n) is 6.84. The van der Waals surface area contributed by atoms with Crippen molar-refractivity contribution in [3.63, 3.8) is 0 Å². The van der Waals surface area contributed by atoms with Crippen molar-refractivity contribution in [3.8, 4) is 0 Å².